The summed E-state index contributed by atoms with van der Waals surface area (Å²) >= 11 is 0. The summed E-state index contributed by atoms with van der Waals surface area (Å²) < 4.78 is 5.68. The van der Waals surface area contributed by atoms with Crippen molar-refractivity contribution >= 4 is 22.4 Å². The first-order valence-electron chi connectivity index (χ1n) is 9.59. The van der Waals surface area contributed by atoms with Gasteiger partial charge in [0.1, 0.15) is 5.75 Å². The van der Waals surface area contributed by atoms with Crippen molar-refractivity contribution in [2.75, 3.05) is 6.61 Å². The van der Waals surface area contributed by atoms with Gasteiger partial charge < -0.3 is 4.74 Å². The minimum absolute atomic E-state index is 0.242. The zero-order valence-electron chi connectivity index (χ0n) is 16.6. The molecule has 0 atom stereocenters. The number of hydrazone groups is 1. The van der Waals surface area contributed by atoms with Crippen LogP contribution in [0.4, 0.5) is 0 Å². The van der Waals surface area contributed by atoms with Gasteiger partial charge in [-0.05, 0) is 65.9 Å². The van der Waals surface area contributed by atoms with E-state index in [0.29, 0.717) is 18.1 Å². The number of carbonyl (C=O) groups is 1. The van der Waals surface area contributed by atoms with Gasteiger partial charge in [0.05, 0.1) is 12.3 Å². The van der Waals surface area contributed by atoms with E-state index in [1.54, 1.807) is 12.1 Å². The van der Waals surface area contributed by atoms with Crippen molar-refractivity contribution in [1.82, 2.24) is 5.43 Å². The number of carbonyl (C=O) groups excluding carboxylic acids is 1. The molecular formula is C24H26N2O2. The normalized spacial score (nSPS) is 11.6. The average Bonchev–Trinajstić information content (AvgIpc) is 2.71. The van der Waals surface area contributed by atoms with Crippen LogP contribution in [0.3, 0.4) is 0 Å². The molecule has 3 rings (SSSR count). The minimum atomic E-state index is -0.242. The van der Waals surface area contributed by atoms with Crippen molar-refractivity contribution in [2.24, 2.45) is 11.0 Å². The molecule has 0 aliphatic carbocycles. The maximum Gasteiger partial charge on any atom is 0.271 e. The standard InChI is InChI=1S/C24H26N2O2/c1-17(2)14-15-28-23-12-10-20(11-13-23)24(27)26-25-18(3)21-9-8-19-6-4-5-7-22(19)16-21/h4-13,16-17H,14-15H2,1-3H3,(H,26,27)/b25-18+. The molecule has 3 aromatic carbocycles. The molecule has 0 aliphatic heterocycles. The number of nitrogens with zero attached hydrogens (tertiary/aromatic N) is 1. The molecule has 1 N–H and O–H groups in total. The molecule has 0 radical (unpaired) electrons. The van der Waals surface area contributed by atoms with Crippen LogP contribution in [0.2, 0.25) is 0 Å². The maximum absolute atomic E-state index is 12.3. The summed E-state index contributed by atoms with van der Waals surface area (Å²) in [6, 6.07) is 21.4. The van der Waals surface area contributed by atoms with Crippen LogP contribution in [0.5, 0.6) is 5.75 Å². The predicted molar refractivity (Wildman–Crippen MR) is 115 cm³/mol. The number of hydrogen-bond acceptors (Lipinski definition) is 3. The van der Waals surface area contributed by atoms with Crippen molar-refractivity contribution < 1.29 is 9.53 Å². The highest BCUT2D eigenvalue weighted by atomic mass is 16.5. The second kappa shape index (κ2) is 9.18. The molecule has 28 heavy (non-hydrogen) atoms. The third-order valence-corrected chi connectivity index (χ3v) is 4.57. The van der Waals surface area contributed by atoms with E-state index >= 15 is 0 Å². The quantitative estimate of drug-likeness (QED) is 0.443. The highest BCUT2D eigenvalue weighted by Gasteiger charge is 2.06. The van der Waals surface area contributed by atoms with E-state index in [-0.39, 0.29) is 5.91 Å². The molecule has 0 bridgehead atoms. The monoisotopic (exact) mass is 374 g/mol. The van der Waals surface area contributed by atoms with Crippen molar-refractivity contribution in [3.05, 3.63) is 77.9 Å². The third-order valence-electron chi connectivity index (χ3n) is 4.57. The van der Waals surface area contributed by atoms with Crippen molar-refractivity contribution in [3.8, 4) is 5.75 Å². The molecule has 0 saturated carbocycles. The Kier molecular flexibility index (Phi) is 6.43. The number of benzene rings is 3. The first-order chi connectivity index (χ1) is 13.5. The fourth-order valence-corrected chi connectivity index (χ4v) is 2.79. The van der Waals surface area contributed by atoms with E-state index in [1.165, 1.54) is 5.39 Å². The van der Waals surface area contributed by atoms with Crippen LogP contribution in [0.15, 0.2) is 71.8 Å². The van der Waals surface area contributed by atoms with E-state index in [0.717, 1.165) is 28.8 Å². The summed E-state index contributed by atoms with van der Waals surface area (Å²) in [4.78, 5) is 12.3. The number of fused-ring (bicyclic) bond motifs is 1. The molecule has 3 aromatic rings. The summed E-state index contributed by atoms with van der Waals surface area (Å²) in [6.07, 6.45) is 1.00. The van der Waals surface area contributed by atoms with Crippen molar-refractivity contribution in [3.63, 3.8) is 0 Å². The van der Waals surface area contributed by atoms with Crippen LogP contribution in [-0.4, -0.2) is 18.2 Å². The summed E-state index contributed by atoms with van der Waals surface area (Å²) in [6.45, 7) is 6.89. The maximum atomic E-state index is 12.3. The SMILES string of the molecule is C/C(=N\NC(=O)c1ccc(OCCC(C)C)cc1)c1ccc2ccccc2c1. The Morgan fingerprint density at radius 1 is 0.964 bits per heavy atom. The topological polar surface area (TPSA) is 50.7 Å². The van der Waals surface area contributed by atoms with Crippen LogP contribution in [-0.2, 0) is 0 Å². The van der Waals surface area contributed by atoms with E-state index in [4.69, 9.17) is 4.74 Å². The number of hydrogen-bond donors (Lipinski definition) is 1. The summed E-state index contributed by atoms with van der Waals surface area (Å²) in [5.74, 6) is 1.13. The van der Waals surface area contributed by atoms with Crippen LogP contribution < -0.4 is 10.2 Å². The number of amides is 1. The van der Waals surface area contributed by atoms with E-state index in [9.17, 15) is 4.79 Å². The van der Waals surface area contributed by atoms with Crippen molar-refractivity contribution in [2.45, 2.75) is 27.2 Å². The van der Waals surface area contributed by atoms with Gasteiger partial charge in [0.25, 0.3) is 5.91 Å². The molecule has 144 valence electrons. The van der Waals surface area contributed by atoms with Crippen LogP contribution in [0.1, 0.15) is 43.1 Å². The molecular weight excluding hydrogens is 348 g/mol. The lowest BCUT2D eigenvalue weighted by Gasteiger charge is -2.08. The Morgan fingerprint density at radius 3 is 2.36 bits per heavy atom. The molecule has 4 heteroatoms. The van der Waals surface area contributed by atoms with E-state index < -0.39 is 0 Å². The summed E-state index contributed by atoms with van der Waals surface area (Å²) in [7, 11) is 0. The highest BCUT2D eigenvalue weighted by Crippen LogP contribution is 2.16. The van der Waals surface area contributed by atoms with Gasteiger partial charge in [0.15, 0.2) is 0 Å². The average molecular weight is 374 g/mol. The Hall–Kier alpha value is -3.14. The Balaban J connectivity index is 1.61. The van der Waals surface area contributed by atoms with Gasteiger partial charge in [0.2, 0.25) is 0 Å². The second-order valence-corrected chi connectivity index (χ2v) is 7.26. The van der Waals surface area contributed by atoms with Crippen molar-refractivity contribution in [1.29, 1.82) is 0 Å². The second-order valence-electron chi connectivity index (χ2n) is 7.26. The van der Waals surface area contributed by atoms with Gasteiger partial charge in [-0.25, -0.2) is 5.43 Å². The lowest BCUT2D eigenvalue weighted by molar-refractivity contribution is 0.0955. The van der Waals surface area contributed by atoms with Crippen LogP contribution >= 0.6 is 0 Å². The van der Waals surface area contributed by atoms with Gasteiger partial charge in [0, 0.05) is 5.56 Å². The number of rotatable bonds is 7. The number of ether oxygens (including phenoxy) is 1. The Bertz CT molecular complexity index is 975. The van der Waals surface area contributed by atoms with Gasteiger partial charge in [-0.2, -0.15) is 5.10 Å². The molecule has 0 unspecified atom stereocenters. The van der Waals surface area contributed by atoms with Gasteiger partial charge >= 0.3 is 0 Å². The molecule has 0 saturated heterocycles. The lowest BCUT2D eigenvalue weighted by atomic mass is 10.0. The first kappa shape index (κ1) is 19.6. The Labute approximate surface area is 166 Å². The van der Waals surface area contributed by atoms with E-state index in [1.807, 2.05) is 37.3 Å². The summed E-state index contributed by atoms with van der Waals surface area (Å²) in [5.41, 5.74) is 4.92. The fourth-order valence-electron chi connectivity index (χ4n) is 2.79. The van der Waals surface area contributed by atoms with Crippen LogP contribution in [0, 0.1) is 5.92 Å². The zero-order valence-corrected chi connectivity index (χ0v) is 16.6. The van der Waals surface area contributed by atoms with Gasteiger partial charge in [-0.15, -0.1) is 0 Å². The highest BCUT2D eigenvalue weighted by molar-refractivity contribution is 6.03. The lowest BCUT2D eigenvalue weighted by Crippen LogP contribution is -2.19. The zero-order chi connectivity index (χ0) is 19.9. The van der Waals surface area contributed by atoms with Gasteiger partial charge in [-0.1, -0.05) is 50.2 Å². The van der Waals surface area contributed by atoms with E-state index in [2.05, 4.69) is 48.6 Å². The molecule has 0 aliphatic rings. The molecule has 4 nitrogen and oxygen atoms in total. The molecule has 0 heterocycles. The molecule has 0 fully saturated rings. The molecule has 1 amide bonds. The Morgan fingerprint density at radius 2 is 1.64 bits per heavy atom. The van der Waals surface area contributed by atoms with Gasteiger partial charge in [-0.3, -0.25) is 4.79 Å². The number of nitrogens with one attached hydrogen (secondary N) is 1. The summed E-state index contributed by atoms with van der Waals surface area (Å²) in [5, 5.41) is 6.58. The largest absolute Gasteiger partial charge is 0.494 e. The smallest absolute Gasteiger partial charge is 0.271 e. The molecule has 0 aromatic heterocycles. The minimum Gasteiger partial charge on any atom is -0.494 e. The van der Waals surface area contributed by atoms with Crippen LogP contribution in [0.25, 0.3) is 10.8 Å². The molecule has 0 spiro atoms. The predicted octanol–water partition coefficient (Wildman–Crippen LogP) is 5.42. The first-order valence-corrected chi connectivity index (χ1v) is 9.59. The third kappa shape index (κ3) is 5.19. The fraction of sp³-hybridized carbons (Fsp3) is 0.250.